The third kappa shape index (κ3) is 2.65. The standard InChI is InChI=1S/C12H15NO5/c1-13(6-11(14)15)5-8-3-9(16-2)12-10(4-8)17-7-18-12/h3-4H,5-7H2,1-2H3,(H,14,15). The van der Waals surface area contributed by atoms with Crippen molar-refractivity contribution in [2.24, 2.45) is 0 Å². The maximum atomic E-state index is 10.6. The highest BCUT2D eigenvalue weighted by Crippen LogP contribution is 2.41. The molecule has 0 spiro atoms. The minimum atomic E-state index is -0.856. The van der Waals surface area contributed by atoms with E-state index in [0.29, 0.717) is 23.8 Å². The molecule has 1 N–H and O–H groups in total. The van der Waals surface area contributed by atoms with Crippen LogP contribution in [0.2, 0.25) is 0 Å². The second-order valence-corrected chi connectivity index (χ2v) is 4.10. The number of carbonyl (C=O) groups is 1. The first kappa shape index (κ1) is 12.5. The number of methoxy groups -OCH3 is 1. The third-order valence-corrected chi connectivity index (χ3v) is 2.58. The number of hydrogen-bond acceptors (Lipinski definition) is 5. The maximum Gasteiger partial charge on any atom is 0.317 e. The van der Waals surface area contributed by atoms with Crippen LogP contribution in [0.15, 0.2) is 12.1 Å². The van der Waals surface area contributed by atoms with Crippen molar-refractivity contribution in [2.45, 2.75) is 6.54 Å². The number of benzene rings is 1. The zero-order valence-electron chi connectivity index (χ0n) is 10.3. The monoisotopic (exact) mass is 253 g/mol. The second-order valence-electron chi connectivity index (χ2n) is 4.10. The van der Waals surface area contributed by atoms with Crippen LogP contribution in [-0.2, 0) is 11.3 Å². The summed E-state index contributed by atoms with van der Waals surface area (Å²) in [6.07, 6.45) is 0. The molecule has 0 radical (unpaired) electrons. The summed E-state index contributed by atoms with van der Waals surface area (Å²) >= 11 is 0. The fourth-order valence-corrected chi connectivity index (χ4v) is 1.87. The van der Waals surface area contributed by atoms with E-state index in [0.717, 1.165) is 5.56 Å². The van der Waals surface area contributed by atoms with E-state index in [1.165, 1.54) is 0 Å². The highest BCUT2D eigenvalue weighted by atomic mass is 16.7. The molecule has 2 rings (SSSR count). The van der Waals surface area contributed by atoms with E-state index in [-0.39, 0.29) is 13.3 Å². The highest BCUT2D eigenvalue weighted by Gasteiger charge is 2.20. The van der Waals surface area contributed by atoms with Crippen molar-refractivity contribution in [1.82, 2.24) is 4.90 Å². The lowest BCUT2D eigenvalue weighted by Gasteiger charge is -2.15. The Labute approximate surface area is 105 Å². The lowest BCUT2D eigenvalue weighted by molar-refractivity contribution is -0.138. The number of carboxylic acids is 1. The summed E-state index contributed by atoms with van der Waals surface area (Å²) in [5, 5.41) is 8.71. The molecule has 0 atom stereocenters. The van der Waals surface area contributed by atoms with Gasteiger partial charge in [0.15, 0.2) is 11.5 Å². The molecule has 0 aliphatic carbocycles. The first-order valence-electron chi connectivity index (χ1n) is 5.47. The smallest absolute Gasteiger partial charge is 0.317 e. The van der Waals surface area contributed by atoms with Gasteiger partial charge in [-0.3, -0.25) is 9.69 Å². The molecule has 0 aromatic heterocycles. The van der Waals surface area contributed by atoms with Crippen LogP contribution in [0.3, 0.4) is 0 Å². The molecule has 1 heterocycles. The van der Waals surface area contributed by atoms with Crippen molar-refractivity contribution >= 4 is 5.97 Å². The molecular weight excluding hydrogens is 238 g/mol. The molecule has 0 saturated carbocycles. The van der Waals surface area contributed by atoms with Crippen molar-refractivity contribution in [3.8, 4) is 17.2 Å². The SMILES string of the molecule is COc1cc(CN(C)CC(=O)O)cc2c1OCO2. The lowest BCUT2D eigenvalue weighted by Crippen LogP contribution is -2.25. The Morgan fingerprint density at radius 1 is 1.50 bits per heavy atom. The van der Waals surface area contributed by atoms with E-state index in [1.54, 1.807) is 19.1 Å². The molecule has 6 heteroatoms. The van der Waals surface area contributed by atoms with Crippen LogP contribution in [0, 0.1) is 0 Å². The number of aliphatic carboxylic acids is 1. The third-order valence-electron chi connectivity index (χ3n) is 2.58. The summed E-state index contributed by atoms with van der Waals surface area (Å²) in [6.45, 7) is 0.663. The van der Waals surface area contributed by atoms with Gasteiger partial charge in [0, 0.05) is 6.54 Å². The fraction of sp³-hybridized carbons (Fsp3) is 0.417. The Hall–Kier alpha value is -1.95. The largest absolute Gasteiger partial charge is 0.493 e. The van der Waals surface area contributed by atoms with Gasteiger partial charge in [0.05, 0.1) is 13.7 Å². The van der Waals surface area contributed by atoms with E-state index < -0.39 is 5.97 Å². The quantitative estimate of drug-likeness (QED) is 0.842. The molecule has 1 aliphatic rings. The number of nitrogens with zero attached hydrogens (tertiary/aromatic N) is 1. The maximum absolute atomic E-state index is 10.6. The number of ether oxygens (including phenoxy) is 3. The van der Waals surface area contributed by atoms with E-state index in [1.807, 2.05) is 12.1 Å². The Kier molecular flexibility index (Phi) is 3.57. The molecule has 1 aromatic rings. The minimum Gasteiger partial charge on any atom is -0.493 e. The molecule has 1 aromatic carbocycles. The summed E-state index contributed by atoms with van der Waals surface area (Å²) in [5.74, 6) is 0.976. The summed E-state index contributed by atoms with van der Waals surface area (Å²) in [4.78, 5) is 12.3. The van der Waals surface area contributed by atoms with E-state index >= 15 is 0 Å². The van der Waals surface area contributed by atoms with Crippen molar-refractivity contribution in [1.29, 1.82) is 0 Å². The molecule has 0 saturated heterocycles. The van der Waals surface area contributed by atoms with Crippen LogP contribution in [0.25, 0.3) is 0 Å². The van der Waals surface area contributed by atoms with Crippen LogP contribution in [-0.4, -0.2) is 43.5 Å². The van der Waals surface area contributed by atoms with E-state index in [2.05, 4.69) is 0 Å². The highest BCUT2D eigenvalue weighted by molar-refractivity contribution is 5.69. The lowest BCUT2D eigenvalue weighted by atomic mass is 10.1. The molecule has 0 bridgehead atoms. The average molecular weight is 253 g/mol. The van der Waals surface area contributed by atoms with Crippen LogP contribution in [0.1, 0.15) is 5.56 Å². The first-order chi connectivity index (χ1) is 8.60. The van der Waals surface area contributed by atoms with Gasteiger partial charge >= 0.3 is 5.97 Å². The van der Waals surface area contributed by atoms with Crippen LogP contribution < -0.4 is 14.2 Å². The summed E-state index contributed by atoms with van der Waals surface area (Å²) in [6, 6.07) is 3.66. The molecule has 1 aliphatic heterocycles. The normalized spacial score (nSPS) is 12.8. The predicted octanol–water partition coefficient (Wildman–Crippen LogP) is 0.940. The summed E-state index contributed by atoms with van der Waals surface area (Å²) in [7, 11) is 3.30. The van der Waals surface area contributed by atoms with Crippen molar-refractivity contribution in [3.05, 3.63) is 17.7 Å². The fourth-order valence-electron chi connectivity index (χ4n) is 1.87. The minimum absolute atomic E-state index is 0.0171. The van der Waals surface area contributed by atoms with E-state index in [4.69, 9.17) is 19.3 Å². The molecule has 98 valence electrons. The number of fused-ring (bicyclic) bond motifs is 1. The van der Waals surface area contributed by atoms with Crippen LogP contribution in [0.5, 0.6) is 17.2 Å². The molecular formula is C12H15NO5. The number of carboxylic acid groups (broad SMARTS) is 1. The van der Waals surface area contributed by atoms with Gasteiger partial charge in [0.1, 0.15) is 0 Å². The van der Waals surface area contributed by atoms with Gasteiger partial charge in [0.2, 0.25) is 12.5 Å². The van der Waals surface area contributed by atoms with Crippen molar-refractivity contribution in [2.75, 3.05) is 27.5 Å². The predicted molar refractivity (Wildman–Crippen MR) is 63.1 cm³/mol. The van der Waals surface area contributed by atoms with Gasteiger partial charge in [-0.1, -0.05) is 0 Å². The zero-order chi connectivity index (χ0) is 13.1. The van der Waals surface area contributed by atoms with Gasteiger partial charge in [0.25, 0.3) is 0 Å². The topological polar surface area (TPSA) is 68.2 Å². The van der Waals surface area contributed by atoms with Crippen molar-refractivity contribution < 1.29 is 24.1 Å². The first-order valence-corrected chi connectivity index (χ1v) is 5.47. The van der Waals surface area contributed by atoms with E-state index in [9.17, 15) is 4.79 Å². The van der Waals surface area contributed by atoms with Gasteiger partial charge in [-0.15, -0.1) is 0 Å². The molecule has 0 amide bonds. The molecule has 0 fully saturated rings. The molecule has 6 nitrogen and oxygen atoms in total. The molecule has 0 unspecified atom stereocenters. The summed E-state index contributed by atoms with van der Waals surface area (Å²) < 4.78 is 15.8. The number of likely N-dealkylation sites (N-methyl/N-ethyl adjacent to an activating group) is 1. The summed E-state index contributed by atoms with van der Waals surface area (Å²) in [5.41, 5.74) is 0.917. The van der Waals surface area contributed by atoms with Gasteiger partial charge in [-0.05, 0) is 24.7 Å². The van der Waals surface area contributed by atoms with Crippen LogP contribution >= 0.6 is 0 Å². The number of hydrogen-bond donors (Lipinski definition) is 1. The Bertz CT molecular complexity index is 460. The van der Waals surface area contributed by atoms with Gasteiger partial charge in [-0.25, -0.2) is 0 Å². The van der Waals surface area contributed by atoms with Gasteiger partial charge < -0.3 is 19.3 Å². The number of rotatable bonds is 5. The van der Waals surface area contributed by atoms with Gasteiger partial charge in [-0.2, -0.15) is 0 Å². The van der Waals surface area contributed by atoms with Crippen LogP contribution in [0.4, 0.5) is 0 Å². The zero-order valence-corrected chi connectivity index (χ0v) is 10.3. The molecule has 18 heavy (non-hydrogen) atoms. The Morgan fingerprint density at radius 2 is 2.28 bits per heavy atom. The van der Waals surface area contributed by atoms with Crippen molar-refractivity contribution in [3.63, 3.8) is 0 Å². The second kappa shape index (κ2) is 5.14. The Balaban J connectivity index is 2.16. The Morgan fingerprint density at radius 3 is 2.94 bits per heavy atom. The average Bonchev–Trinajstić information content (AvgIpc) is 2.74.